The average molecular weight is 691 g/mol. The van der Waals surface area contributed by atoms with Gasteiger partial charge in [0.15, 0.2) is 23.1 Å². The van der Waals surface area contributed by atoms with Crippen molar-refractivity contribution in [1.82, 2.24) is 19.9 Å². The first kappa shape index (κ1) is 32.4. The Kier molecular flexibility index (Phi) is 8.03. The van der Waals surface area contributed by atoms with E-state index in [-0.39, 0.29) is 35.9 Å². The normalized spacial score (nSPS) is 25.2. The number of oxime groups is 1. The maximum absolute atomic E-state index is 13.5. The maximum atomic E-state index is 13.5. The van der Waals surface area contributed by atoms with E-state index in [4.69, 9.17) is 20.1 Å². The van der Waals surface area contributed by atoms with Crippen LogP contribution in [0.4, 0.5) is 5.13 Å². The number of thiazole rings is 1. The predicted octanol–water partition coefficient (Wildman–Crippen LogP) is -1.56. The van der Waals surface area contributed by atoms with E-state index in [1.54, 1.807) is 0 Å². The van der Waals surface area contributed by atoms with Crippen LogP contribution in [0.2, 0.25) is 0 Å². The summed E-state index contributed by atoms with van der Waals surface area (Å²) in [6, 6.07) is -2.62. The molecule has 5 heterocycles. The van der Waals surface area contributed by atoms with E-state index >= 15 is 0 Å². The number of hydrogen-bond acceptors (Lipinski definition) is 14. The van der Waals surface area contributed by atoms with Crippen molar-refractivity contribution in [2.75, 3.05) is 12.3 Å². The second-order valence-corrected chi connectivity index (χ2v) is 12.3. The fraction of sp³-hybridized carbons (Fsp3) is 0.444. The first-order valence-electron chi connectivity index (χ1n) is 14.5. The van der Waals surface area contributed by atoms with Gasteiger partial charge in [0.1, 0.15) is 24.5 Å². The van der Waals surface area contributed by atoms with Crippen molar-refractivity contribution in [2.24, 2.45) is 5.16 Å². The summed E-state index contributed by atoms with van der Waals surface area (Å²) < 4.78 is 7.27. The standard InChI is InChI=1S/C27H27N7O13S/c28-24-30-14(11-48-24)18(31-47-26(22(40)41)4-2-1-3-5-26)19(37)29-13-10-45-34(20(13)38)27(23(42)43)7-15(21(39)46-27)33-8-12-6-16(35)17(36)9-32(12)25(33)44/h6,9,11,13,15H,1-5,7-8,10H2,(H6,28,29,30,36,37,40,41,42,43)/p+1/b31-18-/t13-,15?,27?/m0/s1. The molecule has 4 aliphatic rings. The highest BCUT2D eigenvalue weighted by molar-refractivity contribution is 7.13. The summed E-state index contributed by atoms with van der Waals surface area (Å²) in [4.78, 5) is 91.4. The van der Waals surface area contributed by atoms with E-state index in [1.807, 2.05) is 0 Å². The summed E-state index contributed by atoms with van der Waals surface area (Å²) in [6.07, 6.45) is 2.36. The summed E-state index contributed by atoms with van der Waals surface area (Å²) in [7, 11) is 0. The molecule has 254 valence electrons. The minimum absolute atomic E-state index is 0.0524. The van der Waals surface area contributed by atoms with Gasteiger partial charge in [0.25, 0.3) is 11.8 Å². The van der Waals surface area contributed by atoms with Crippen LogP contribution in [0.5, 0.6) is 5.75 Å². The zero-order chi connectivity index (χ0) is 34.5. The van der Waals surface area contributed by atoms with Crippen LogP contribution in [0.15, 0.2) is 27.6 Å². The topological polar surface area (TPSA) is 286 Å². The SMILES string of the molecule is Nc1nc(/C(=N/OC2(C(=O)O)CCCCC2)C(=O)N[C@H]2CON(C3(C(=O)O)CC([N+]4=C(O)n5cc(O)c(=O)cc5C4)C(=O)O3)C2=O)cs1. The number of fused-ring (bicyclic) bond motifs is 1. The molecule has 0 bridgehead atoms. The van der Waals surface area contributed by atoms with Gasteiger partial charge in [-0.05, 0) is 12.8 Å². The number of anilines is 1. The lowest BCUT2D eigenvalue weighted by atomic mass is 9.85. The Morgan fingerprint density at radius 1 is 1.15 bits per heavy atom. The van der Waals surface area contributed by atoms with E-state index < -0.39 is 89.1 Å². The average Bonchev–Trinajstić information content (AvgIpc) is 3.80. The zero-order valence-electron chi connectivity index (χ0n) is 24.7. The number of amides is 2. The number of aromatic nitrogens is 2. The lowest BCUT2D eigenvalue weighted by Gasteiger charge is -2.30. The van der Waals surface area contributed by atoms with Crippen LogP contribution in [-0.2, 0) is 44.9 Å². The number of pyridine rings is 1. The molecular weight excluding hydrogens is 662 g/mol. The number of aromatic hydroxyl groups is 1. The van der Waals surface area contributed by atoms with Gasteiger partial charge in [0, 0.05) is 24.3 Å². The van der Waals surface area contributed by atoms with E-state index in [0.717, 1.165) is 39.2 Å². The molecular formula is C27H28N7O13S+. The highest BCUT2D eigenvalue weighted by Crippen LogP contribution is 2.37. The number of carboxylic acid groups (broad SMARTS) is 2. The number of aliphatic hydroxyl groups is 1. The Labute approximate surface area is 272 Å². The number of ether oxygens (including phenoxy) is 1. The predicted molar refractivity (Wildman–Crippen MR) is 157 cm³/mol. The molecule has 6 rings (SSSR count). The number of nitrogen functional groups attached to an aromatic ring is 1. The van der Waals surface area contributed by atoms with Crippen LogP contribution >= 0.6 is 11.3 Å². The van der Waals surface area contributed by atoms with Crippen molar-refractivity contribution in [3.63, 3.8) is 0 Å². The van der Waals surface area contributed by atoms with Crippen molar-refractivity contribution in [3.05, 3.63) is 39.3 Å². The molecule has 48 heavy (non-hydrogen) atoms. The number of aliphatic carboxylic acids is 2. The summed E-state index contributed by atoms with van der Waals surface area (Å²) in [5.74, 6) is -7.09. The van der Waals surface area contributed by atoms with Crippen LogP contribution in [-0.4, -0.2) is 111 Å². The van der Waals surface area contributed by atoms with Crippen LogP contribution in [0.3, 0.4) is 0 Å². The molecule has 20 nitrogen and oxygen atoms in total. The number of carboxylic acids is 2. The van der Waals surface area contributed by atoms with Gasteiger partial charge in [0.05, 0.1) is 6.42 Å². The Balaban J connectivity index is 1.22. The van der Waals surface area contributed by atoms with Gasteiger partial charge in [-0.25, -0.2) is 23.9 Å². The molecule has 2 aromatic heterocycles. The molecule has 3 atom stereocenters. The van der Waals surface area contributed by atoms with Crippen molar-refractivity contribution >= 4 is 57.9 Å². The number of cyclic esters (lactones) is 1. The number of esters is 1. The molecule has 2 saturated heterocycles. The third-order valence-electron chi connectivity index (χ3n) is 8.48. The number of rotatable bonds is 9. The van der Waals surface area contributed by atoms with Crippen LogP contribution in [0.1, 0.15) is 49.9 Å². The van der Waals surface area contributed by atoms with Gasteiger partial charge in [-0.2, -0.15) is 9.63 Å². The van der Waals surface area contributed by atoms with Gasteiger partial charge in [-0.3, -0.25) is 19.2 Å². The number of aliphatic hydroxyl groups excluding tert-OH is 1. The van der Waals surface area contributed by atoms with Crippen LogP contribution < -0.4 is 16.5 Å². The third-order valence-corrected chi connectivity index (χ3v) is 9.16. The van der Waals surface area contributed by atoms with Gasteiger partial charge in [-0.1, -0.05) is 11.6 Å². The molecule has 2 unspecified atom stereocenters. The van der Waals surface area contributed by atoms with E-state index in [0.29, 0.717) is 17.9 Å². The zero-order valence-corrected chi connectivity index (χ0v) is 25.5. The summed E-state index contributed by atoms with van der Waals surface area (Å²) in [5, 5.41) is 48.5. The van der Waals surface area contributed by atoms with Crippen molar-refractivity contribution in [2.45, 2.75) is 68.5 Å². The molecule has 3 fully saturated rings. The van der Waals surface area contributed by atoms with Crippen molar-refractivity contribution in [3.8, 4) is 5.75 Å². The van der Waals surface area contributed by atoms with E-state index in [9.17, 15) is 49.2 Å². The monoisotopic (exact) mass is 690 g/mol. The second-order valence-electron chi connectivity index (χ2n) is 11.5. The van der Waals surface area contributed by atoms with Crippen LogP contribution in [0, 0.1) is 0 Å². The Hall–Kier alpha value is -5.57. The number of hydroxylamine groups is 2. The van der Waals surface area contributed by atoms with Gasteiger partial charge in [-0.15, -0.1) is 11.3 Å². The minimum Gasteiger partial charge on any atom is -0.502 e. The number of carbonyl (C=O) groups excluding carboxylic acids is 3. The Morgan fingerprint density at radius 2 is 1.88 bits per heavy atom. The molecule has 0 aromatic carbocycles. The highest BCUT2D eigenvalue weighted by atomic mass is 32.1. The molecule has 1 saturated carbocycles. The molecule has 3 aliphatic heterocycles. The molecule has 1 aliphatic carbocycles. The lowest BCUT2D eigenvalue weighted by molar-refractivity contribution is -0.570. The van der Waals surface area contributed by atoms with Gasteiger partial charge >= 0.3 is 29.7 Å². The fourth-order valence-electron chi connectivity index (χ4n) is 5.94. The summed E-state index contributed by atoms with van der Waals surface area (Å²) >= 11 is 0.956. The molecule has 21 heteroatoms. The first-order valence-corrected chi connectivity index (χ1v) is 15.4. The number of carbonyl (C=O) groups is 5. The number of nitrogens with one attached hydrogen (secondary N) is 1. The largest absolute Gasteiger partial charge is 0.502 e. The molecule has 7 N–H and O–H groups in total. The number of nitrogens with zero attached hydrogens (tertiary/aromatic N) is 5. The maximum Gasteiger partial charge on any atom is 0.455 e. The molecule has 2 aromatic rings. The molecule has 0 radical (unpaired) electrons. The van der Waals surface area contributed by atoms with E-state index in [2.05, 4.69) is 15.5 Å². The Morgan fingerprint density at radius 3 is 2.52 bits per heavy atom. The molecule has 0 spiro atoms. The van der Waals surface area contributed by atoms with Crippen molar-refractivity contribution < 1.29 is 63.4 Å². The van der Waals surface area contributed by atoms with Crippen LogP contribution in [0.25, 0.3) is 0 Å². The second kappa shape index (κ2) is 11.9. The summed E-state index contributed by atoms with van der Waals surface area (Å²) in [5.41, 5.74) is 0.133. The van der Waals surface area contributed by atoms with E-state index in [1.165, 1.54) is 5.38 Å². The third kappa shape index (κ3) is 5.35. The lowest BCUT2D eigenvalue weighted by Crippen LogP contribution is -2.57. The number of nitrogens with two attached hydrogens (primary N) is 1. The molecule has 2 amide bonds. The smallest absolute Gasteiger partial charge is 0.455 e. The minimum atomic E-state index is -2.73. The van der Waals surface area contributed by atoms with Gasteiger partial charge < -0.3 is 41.1 Å². The van der Waals surface area contributed by atoms with Crippen molar-refractivity contribution in [1.29, 1.82) is 0 Å². The van der Waals surface area contributed by atoms with Gasteiger partial charge in [0.2, 0.25) is 22.8 Å². The Bertz CT molecular complexity index is 1860. The quantitative estimate of drug-likeness (QED) is 0.0751. The fourth-order valence-corrected chi connectivity index (χ4v) is 6.49. The summed E-state index contributed by atoms with van der Waals surface area (Å²) in [6.45, 7) is -0.860. The highest BCUT2D eigenvalue weighted by Gasteiger charge is 2.65. The number of hydrogen-bond donors (Lipinski definition) is 6. The first-order chi connectivity index (χ1) is 22.8.